The van der Waals surface area contributed by atoms with E-state index >= 15 is 0 Å². The number of methoxy groups -OCH3 is 1. The van der Waals surface area contributed by atoms with Gasteiger partial charge in [0.05, 0.1) is 13.0 Å². The molecule has 1 amide bonds. The summed E-state index contributed by atoms with van der Waals surface area (Å²) >= 11 is 0. The molecule has 0 aromatic carbocycles. The Morgan fingerprint density at radius 1 is 1.44 bits per heavy atom. The third kappa shape index (κ3) is 3.35. The molecule has 1 aromatic heterocycles. The van der Waals surface area contributed by atoms with E-state index in [1.165, 1.54) is 12.0 Å². The second-order valence-corrected chi connectivity index (χ2v) is 4.23. The fourth-order valence-electron chi connectivity index (χ4n) is 1.64. The number of hydrogen-bond acceptors (Lipinski definition) is 4. The maximum absolute atomic E-state index is 12.0. The van der Waals surface area contributed by atoms with Crippen molar-refractivity contribution in [3.05, 3.63) is 23.7 Å². The van der Waals surface area contributed by atoms with Crippen molar-refractivity contribution in [2.75, 3.05) is 20.7 Å². The predicted octanol–water partition coefficient (Wildman–Crippen LogP) is 1.72. The molecule has 0 saturated heterocycles. The summed E-state index contributed by atoms with van der Waals surface area (Å²) in [7, 11) is 2.97. The van der Waals surface area contributed by atoms with E-state index in [4.69, 9.17) is 4.42 Å². The van der Waals surface area contributed by atoms with Crippen LogP contribution < -0.4 is 0 Å². The van der Waals surface area contributed by atoms with Crippen LogP contribution in [0.1, 0.15) is 30.2 Å². The summed E-state index contributed by atoms with van der Waals surface area (Å²) in [6.07, 6.45) is 0.746. The van der Waals surface area contributed by atoms with Crippen LogP contribution in [-0.2, 0) is 16.0 Å². The van der Waals surface area contributed by atoms with Crippen LogP contribution in [0.4, 0.5) is 0 Å². The van der Waals surface area contributed by atoms with Gasteiger partial charge in [0.2, 0.25) is 0 Å². The molecular weight excluding hydrogens is 234 g/mol. The summed E-state index contributed by atoms with van der Waals surface area (Å²) in [5.74, 6) is 0.150. The Hall–Kier alpha value is -1.78. The van der Waals surface area contributed by atoms with E-state index in [1.54, 1.807) is 26.1 Å². The Labute approximate surface area is 107 Å². The lowest BCUT2D eigenvalue weighted by Crippen LogP contribution is -2.33. The standard InChI is InChI=1S/C13H19NO4/c1-5-10-6-7-11(18-10)12(15)14(3)8-9(2)13(16)17-4/h6-7,9H,5,8H2,1-4H3. The number of esters is 1. The van der Waals surface area contributed by atoms with Gasteiger partial charge < -0.3 is 14.1 Å². The third-order valence-corrected chi connectivity index (χ3v) is 2.72. The summed E-state index contributed by atoms with van der Waals surface area (Å²) in [4.78, 5) is 24.7. The van der Waals surface area contributed by atoms with Gasteiger partial charge in [0, 0.05) is 20.0 Å². The Bertz CT molecular complexity index is 424. The third-order valence-electron chi connectivity index (χ3n) is 2.72. The first-order valence-corrected chi connectivity index (χ1v) is 5.91. The second-order valence-electron chi connectivity index (χ2n) is 4.23. The minimum atomic E-state index is -0.357. The quantitative estimate of drug-likeness (QED) is 0.750. The van der Waals surface area contributed by atoms with Gasteiger partial charge in [-0.15, -0.1) is 0 Å². The number of carbonyl (C=O) groups excluding carboxylic acids is 2. The van der Waals surface area contributed by atoms with Crippen molar-refractivity contribution in [1.82, 2.24) is 4.90 Å². The van der Waals surface area contributed by atoms with E-state index in [0.29, 0.717) is 12.3 Å². The fraction of sp³-hybridized carbons (Fsp3) is 0.538. The first-order chi connectivity index (χ1) is 8.49. The van der Waals surface area contributed by atoms with Crippen molar-refractivity contribution in [3.8, 4) is 0 Å². The Balaban J connectivity index is 2.63. The average molecular weight is 253 g/mol. The lowest BCUT2D eigenvalue weighted by atomic mass is 10.1. The summed E-state index contributed by atoms with van der Waals surface area (Å²) in [5, 5.41) is 0. The monoisotopic (exact) mass is 253 g/mol. The molecule has 1 rings (SSSR count). The van der Waals surface area contributed by atoms with Gasteiger partial charge in [0.1, 0.15) is 5.76 Å². The second kappa shape index (κ2) is 6.23. The molecule has 0 aliphatic heterocycles. The minimum Gasteiger partial charge on any atom is -0.469 e. The lowest BCUT2D eigenvalue weighted by Gasteiger charge is -2.19. The van der Waals surface area contributed by atoms with E-state index in [0.717, 1.165) is 12.2 Å². The van der Waals surface area contributed by atoms with Crippen LogP contribution >= 0.6 is 0 Å². The zero-order valence-electron chi connectivity index (χ0n) is 11.2. The van der Waals surface area contributed by atoms with Gasteiger partial charge in [-0.1, -0.05) is 13.8 Å². The molecule has 1 aromatic rings. The van der Waals surface area contributed by atoms with Crippen LogP contribution in [0.25, 0.3) is 0 Å². The zero-order valence-corrected chi connectivity index (χ0v) is 11.2. The van der Waals surface area contributed by atoms with E-state index in [1.807, 2.05) is 6.92 Å². The SMILES string of the molecule is CCc1ccc(C(=O)N(C)CC(C)C(=O)OC)o1. The highest BCUT2D eigenvalue weighted by Gasteiger charge is 2.21. The number of aryl methyl sites for hydroxylation is 1. The summed E-state index contributed by atoms with van der Waals surface area (Å²) in [6.45, 7) is 3.97. The minimum absolute atomic E-state index is 0.231. The number of amides is 1. The number of rotatable bonds is 5. The van der Waals surface area contributed by atoms with Crippen LogP contribution in [0.3, 0.4) is 0 Å². The maximum Gasteiger partial charge on any atom is 0.310 e. The summed E-state index contributed by atoms with van der Waals surface area (Å²) in [5.41, 5.74) is 0. The predicted molar refractivity (Wildman–Crippen MR) is 66.2 cm³/mol. The lowest BCUT2D eigenvalue weighted by molar-refractivity contribution is -0.145. The molecule has 0 spiro atoms. The molecule has 1 atom stereocenters. The molecule has 0 fully saturated rings. The van der Waals surface area contributed by atoms with Gasteiger partial charge in [-0.3, -0.25) is 9.59 Å². The van der Waals surface area contributed by atoms with Crippen molar-refractivity contribution in [2.24, 2.45) is 5.92 Å². The largest absolute Gasteiger partial charge is 0.469 e. The van der Waals surface area contributed by atoms with Gasteiger partial charge in [0.15, 0.2) is 5.76 Å². The molecule has 0 saturated carbocycles. The Morgan fingerprint density at radius 2 is 2.11 bits per heavy atom. The summed E-state index contributed by atoms with van der Waals surface area (Å²) in [6, 6.07) is 3.44. The van der Waals surface area contributed by atoms with Crippen LogP contribution in [-0.4, -0.2) is 37.5 Å². The molecule has 18 heavy (non-hydrogen) atoms. The van der Waals surface area contributed by atoms with E-state index < -0.39 is 0 Å². The molecule has 0 N–H and O–H groups in total. The number of hydrogen-bond donors (Lipinski definition) is 0. The van der Waals surface area contributed by atoms with Crippen LogP contribution in [0, 0.1) is 5.92 Å². The van der Waals surface area contributed by atoms with Crippen molar-refractivity contribution in [1.29, 1.82) is 0 Å². The first kappa shape index (κ1) is 14.3. The first-order valence-electron chi connectivity index (χ1n) is 5.91. The van der Waals surface area contributed by atoms with Crippen molar-refractivity contribution in [3.63, 3.8) is 0 Å². The van der Waals surface area contributed by atoms with Crippen molar-refractivity contribution < 1.29 is 18.7 Å². The van der Waals surface area contributed by atoms with Crippen LogP contribution in [0.5, 0.6) is 0 Å². The molecule has 5 nitrogen and oxygen atoms in total. The van der Waals surface area contributed by atoms with Gasteiger partial charge in [-0.05, 0) is 12.1 Å². The van der Waals surface area contributed by atoms with Crippen LogP contribution in [0.2, 0.25) is 0 Å². The van der Waals surface area contributed by atoms with Crippen molar-refractivity contribution in [2.45, 2.75) is 20.3 Å². The molecule has 0 radical (unpaired) electrons. The maximum atomic E-state index is 12.0. The number of carbonyl (C=O) groups is 2. The van der Waals surface area contributed by atoms with Gasteiger partial charge in [0.25, 0.3) is 5.91 Å². The molecule has 1 heterocycles. The topological polar surface area (TPSA) is 59.8 Å². The molecule has 0 bridgehead atoms. The fourth-order valence-corrected chi connectivity index (χ4v) is 1.64. The molecule has 0 aliphatic carbocycles. The highest BCUT2D eigenvalue weighted by Crippen LogP contribution is 2.12. The normalized spacial score (nSPS) is 12.0. The Morgan fingerprint density at radius 3 is 2.61 bits per heavy atom. The Kier molecular flexibility index (Phi) is 4.95. The highest BCUT2D eigenvalue weighted by atomic mass is 16.5. The van der Waals surface area contributed by atoms with Gasteiger partial charge in [-0.2, -0.15) is 0 Å². The number of ether oxygens (including phenoxy) is 1. The van der Waals surface area contributed by atoms with E-state index in [9.17, 15) is 9.59 Å². The zero-order chi connectivity index (χ0) is 13.7. The highest BCUT2D eigenvalue weighted by molar-refractivity contribution is 5.91. The molecule has 1 unspecified atom stereocenters. The molecule has 5 heteroatoms. The van der Waals surface area contributed by atoms with Gasteiger partial charge >= 0.3 is 5.97 Å². The van der Waals surface area contributed by atoms with Crippen LogP contribution in [0.15, 0.2) is 16.5 Å². The van der Waals surface area contributed by atoms with Gasteiger partial charge in [-0.25, -0.2) is 0 Å². The number of nitrogens with zero attached hydrogens (tertiary/aromatic N) is 1. The summed E-state index contributed by atoms with van der Waals surface area (Å²) < 4.78 is 10.00. The number of furan rings is 1. The molecular formula is C13H19NO4. The van der Waals surface area contributed by atoms with Crippen molar-refractivity contribution >= 4 is 11.9 Å². The average Bonchev–Trinajstić information content (AvgIpc) is 2.85. The van der Waals surface area contributed by atoms with E-state index in [2.05, 4.69) is 4.74 Å². The van der Waals surface area contributed by atoms with E-state index in [-0.39, 0.29) is 17.8 Å². The smallest absolute Gasteiger partial charge is 0.310 e. The molecule has 100 valence electrons. The molecule has 0 aliphatic rings.